The van der Waals surface area contributed by atoms with Crippen molar-refractivity contribution in [2.45, 2.75) is 52.2 Å². The molecular formula is C14H24O2. The molecule has 0 aromatic carbocycles. The molecule has 6 atom stereocenters. The van der Waals surface area contributed by atoms with Crippen LogP contribution in [0.15, 0.2) is 12.3 Å². The molecule has 1 N–H and O–H groups in total. The maximum atomic E-state index is 10.1. The molecule has 2 rings (SSSR count). The van der Waals surface area contributed by atoms with Gasteiger partial charge in [-0.1, -0.05) is 33.8 Å². The first-order chi connectivity index (χ1) is 7.54. The standard InChI is InChI=1S/C14H24O2/c1-5-11-7-9(3)16-14-10(4)13(15)8(2)6-12(11)14/h8,10-15H,3,5-7H2,1-2,4H3. The fraction of sp³-hybridized carbons (Fsp3) is 0.857. The third-order valence-electron chi connectivity index (χ3n) is 4.63. The monoisotopic (exact) mass is 224 g/mol. The Hall–Kier alpha value is -0.500. The molecule has 2 fully saturated rings. The molecule has 0 amide bonds. The van der Waals surface area contributed by atoms with Gasteiger partial charge in [-0.3, -0.25) is 0 Å². The lowest BCUT2D eigenvalue weighted by Crippen LogP contribution is -2.50. The van der Waals surface area contributed by atoms with Crippen LogP contribution < -0.4 is 0 Å². The highest BCUT2D eigenvalue weighted by atomic mass is 16.5. The molecule has 1 heterocycles. The molecule has 1 saturated carbocycles. The third kappa shape index (κ3) is 1.88. The van der Waals surface area contributed by atoms with Gasteiger partial charge in [0, 0.05) is 12.3 Å². The van der Waals surface area contributed by atoms with Crippen molar-refractivity contribution in [1.82, 2.24) is 0 Å². The van der Waals surface area contributed by atoms with Crippen LogP contribution in [-0.4, -0.2) is 17.3 Å². The van der Waals surface area contributed by atoms with Gasteiger partial charge in [-0.05, 0) is 24.2 Å². The van der Waals surface area contributed by atoms with E-state index in [1.807, 2.05) is 0 Å². The van der Waals surface area contributed by atoms with E-state index in [1.54, 1.807) is 0 Å². The topological polar surface area (TPSA) is 29.5 Å². The minimum absolute atomic E-state index is 0.192. The maximum absolute atomic E-state index is 10.1. The van der Waals surface area contributed by atoms with Crippen molar-refractivity contribution in [3.63, 3.8) is 0 Å². The van der Waals surface area contributed by atoms with Gasteiger partial charge in [0.15, 0.2) is 0 Å². The fourth-order valence-electron chi connectivity index (χ4n) is 3.59. The molecule has 0 bridgehead atoms. The van der Waals surface area contributed by atoms with Crippen LogP contribution in [0, 0.1) is 23.7 Å². The lowest BCUT2D eigenvalue weighted by Gasteiger charge is -2.49. The Morgan fingerprint density at radius 3 is 2.75 bits per heavy atom. The van der Waals surface area contributed by atoms with Crippen molar-refractivity contribution in [1.29, 1.82) is 0 Å². The summed E-state index contributed by atoms with van der Waals surface area (Å²) in [4.78, 5) is 0. The van der Waals surface area contributed by atoms with Crippen molar-refractivity contribution < 1.29 is 9.84 Å². The fourth-order valence-corrected chi connectivity index (χ4v) is 3.59. The van der Waals surface area contributed by atoms with Crippen molar-refractivity contribution in [2.75, 3.05) is 0 Å². The molecule has 1 saturated heterocycles. The number of ether oxygens (including phenoxy) is 1. The van der Waals surface area contributed by atoms with Gasteiger partial charge < -0.3 is 9.84 Å². The molecule has 2 aliphatic rings. The quantitative estimate of drug-likeness (QED) is 0.742. The summed E-state index contributed by atoms with van der Waals surface area (Å²) in [5, 5.41) is 10.1. The van der Waals surface area contributed by atoms with Crippen LogP contribution in [-0.2, 0) is 4.74 Å². The van der Waals surface area contributed by atoms with Crippen LogP contribution in [0.3, 0.4) is 0 Å². The van der Waals surface area contributed by atoms with E-state index < -0.39 is 0 Å². The molecular weight excluding hydrogens is 200 g/mol. The Bertz CT molecular complexity index is 274. The number of hydrogen-bond acceptors (Lipinski definition) is 2. The van der Waals surface area contributed by atoms with Gasteiger partial charge in [-0.25, -0.2) is 0 Å². The van der Waals surface area contributed by atoms with Crippen LogP contribution in [0.5, 0.6) is 0 Å². The molecule has 0 aromatic rings. The summed E-state index contributed by atoms with van der Waals surface area (Å²) >= 11 is 0. The van der Waals surface area contributed by atoms with E-state index in [-0.39, 0.29) is 18.1 Å². The molecule has 2 nitrogen and oxygen atoms in total. The summed E-state index contributed by atoms with van der Waals surface area (Å²) in [5.74, 6) is 2.87. The normalized spacial score (nSPS) is 48.4. The van der Waals surface area contributed by atoms with E-state index in [4.69, 9.17) is 4.74 Å². The molecule has 2 heteroatoms. The van der Waals surface area contributed by atoms with E-state index in [0.717, 1.165) is 18.6 Å². The minimum atomic E-state index is -0.218. The summed E-state index contributed by atoms with van der Waals surface area (Å²) in [6.07, 6.45) is 3.27. The Morgan fingerprint density at radius 1 is 1.44 bits per heavy atom. The van der Waals surface area contributed by atoms with Crippen LogP contribution in [0.2, 0.25) is 0 Å². The number of hydrogen-bond donors (Lipinski definition) is 1. The van der Waals surface area contributed by atoms with Gasteiger partial charge in [-0.2, -0.15) is 0 Å². The first kappa shape index (κ1) is 12.0. The Balaban J connectivity index is 2.19. The first-order valence-corrected chi connectivity index (χ1v) is 6.57. The SMILES string of the molecule is C=C1CC(CC)C2CC(C)C(O)C(C)C2O1. The predicted molar refractivity (Wildman–Crippen MR) is 64.9 cm³/mol. The zero-order valence-corrected chi connectivity index (χ0v) is 10.6. The van der Waals surface area contributed by atoms with Crippen LogP contribution >= 0.6 is 0 Å². The number of fused-ring (bicyclic) bond motifs is 1. The second-order valence-electron chi connectivity index (χ2n) is 5.72. The van der Waals surface area contributed by atoms with E-state index in [0.29, 0.717) is 17.8 Å². The number of aliphatic hydroxyl groups is 1. The molecule has 0 aromatic heterocycles. The van der Waals surface area contributed by atoms with E-state index in [2.05, 4.69) is 27.4 Å². The summed E-state index contributed by atoms with van der Waals surface area (Å²) in [5.41, 5.74) is 0. The highest BCUT2D eigenvalue weighted by Gasteiger charge is 2.46. The van der Waals surface area contributed by atoms with Gasteiger partial charge in [-0.15, -0.1) is 0 Å². The number of rotatable bonds is 1. The molecule has 16 heavy (non-hydrogen) atoms. The summed E-state index contributed by atoms with van der Waals surface area (Å²) in [6, 6.07) is 0. The Labute approximate surface area is 98.7 Å². The first-order valence-electron chi connectivity index (χ1n) is 6.57. The van der Waals surface area contributed by atoms with Gasteiger partial charge in [0.05, 0.1) is 11.9 Å². The summed E-state index contributed by atoms with van der Waals surface area (Å²) < 4.78 is 5.90. The zero-order valence-electron chi connectivity index (χ0n) is 10.6. The highest BCUT2D eigenvalue weighted by Crippen LogP contribution is 2.46. The number of allylic oxidation sites excluding steroid dienone is 1. The van der Waals surface area contributed by atoms with Crippen LogP contribution in [0.1, 0.15) is 40.0 Å². The molecule has 1 aliphatic heterocycles. The van der Waals surface area contributed by atoms with E-state index >= 15 is 0 Å². The molecule has 0 spiro atoms. The molecule has 0 radical (unpaired) electrons. The summed E-state index contributed by atoms with van der Waals surface area (Å²) in [7, 11) is 0. The smallest absolute Gasteiger partial charge is 0.106 e. The van der Waals surface area contributed by atoms with E-state index in [9.17, 15) is 5.11 Å². The van der Waals surface area contributed by atoms with Gasteiger partial charge in [0.1, 0.15) is 6.10 Å². The van der Waals surface area contributed by atoms with Gasteiger partial charge in [0.2, 0.25) is 0 Å². The predicted octanol–water partition coefficient (Wildman–Crippen LogP) is 2.97. The zero-order chi connectivity index (χ0) is 11.9. The second-order valence-corrected chi connectivity index (χ2v) is 5.72. The van der Waals surface area contributed by atoms with Crippen molar-refractivity contribution in [2.24, 2.45) is 23.7 Å². The average molecular weight is 224 g/mol. The minimum Gasteiger partial charge on any atom is -0.495 e. The Morgan fingerprint density at radius 2 is 2.12 bits per heavy atom. The van der Waals surface area contributed by atoms with Gasteiger partial charge >= 0.3 is 0 Å². The van der Waals surface area contributed by atoms with Gasteiger partial charge in [0.25, 0.3) is 0 Å². The van der Waals surface area contributed by atoms with E-state index in [1.165, 1.54) is 6.42 Å². The van der Waals surface area contributed by atoms with Crippen molar-refractivity contribution in [3.05, 3.63) is 12.3 Å². The lowest BCUT2D eigenvalue weighted by molar-refractivity contribution is -0.126. The second kappa shape index (κ2) is 4.40. The molecule has 92 valence electrons. The largest absolute Gasteiger partial charge is 0.495 e. The average Bonchev–Trinajstić information content (AvgIpc) is 2.26. The lowest BCUT2D eigenvalue weighted by atomic mass is 9.65. The highest BCUT2D eigenvalue weighted by molar-refractivity contribution is 5.02. The number of aliphatic hydroxyl groups excluding tert-OH is 1. The Kier molecular flexibility index (Phi) is 3.29. The third-order valence-corrected chi connectivity index (χ3v) is 4.63. The van der Waals surface area contributed by atoms with Crippen LogP contribution in [0.25, 0.3) is 0 Å². The molecule has 6 unspecified atom stereocenters. The maximum Gasteiger partial charge on any atom is 0.106 e. The van der Waals surface area contributed by atoms with Crippen molar-refractivity contribution >= 4 is 0 Å². The molecule has 1 aliphatic carbocycles. The van der Waals surface area contributed by atoms with Crippen LogP contribution in [0.4, 0.5) is 0 Å². The van der Waals surface area contributed by atoms with Crippen molar-refractivity contribution in [3.8, 4) is 0 Å². The summed E-state index contributed by atoms with van der Waals surface area (Å²) in [6.45, 7) is 10.5.